The number of rotatable bonds is 12. The normalized spacial score (nSPS) is 12.1. The van der Waals surface area contributed by atoms with Gasteiger partial charge >= 0.3 is 0 Å². The van der Waals surface area contributed by atoms with Crippen LogP contribution < -0.4 is 14.4 Å². The summed E-state index contributed by atoms with van der Waals surface area (Å²) in [6, 6.07) is 22.6. The van der Waals surface area contributed by atoms with Gasteiger partial charge in [0.05, 0.1) is 11.9 Å². The smallest absolute Gasteiger partial charge is 0.244 e. The van der Waals surface area contributed by atoms with Crippen LogP contribution in [0.2, 0.25) is 0 Å². The lowest BCUT2D eigenvalue weighted by Gasteiger charge is -2.33. The summed E-state index contributed by atoms with van der Waals surface area (Å²) in [4.78, 5) is 28.3. The van der Waals surface area contributed by atoms with Crippen molar-refractivity contribution in [3.05, 3.63) is 90.0 Å². The molecule has 3 aromatic rings. The van der Waals surface area contributed by atoms with Gasteiger partial charge in [0.15, 0.2) is 0 Å². The second kappa shape index (κ2) is 13.3. The maximum absolute atomic E-state index is 13.8. The number of aryl methyl sites for hydroxylation is 1. The highest BCUT2D eigenvalue weighted by atomic mass is 32.2. The van der Waals surface area contributed by atoms with Crippen molar-refractivity contribution in [2.24, 2.45) is 0 Å². The van der Waals surface area contributed by atoms with Gasteiger partial charge in [0, 0.05) is 12.6 Å². The third kappa shape index (κ3) is 8.58. The molecule has 0 spiro atoms. The molecule has 0 aliphatic carbocycles. The van der Waals surface area contributed by atoms with Crippen LogP contribution in [-0.4, -0.2) is 50.0 Å². The molecule has 0 bridgehead atoms. The predicted molar refractivity (Wildman–Crippen MR) is 154 cm³/mol. The van der Waals surface area contributed by atoms with Crippen molar-refractivity contribution in [3.63, 3.8) is 0 Å². The number of carbonyl (C=O) groups is 2. The van der Waals surface area contributed by atoms with Crippen LogP contribution in [0.15, 0.2) is 78.9 Å². The molecule has 0 aliphatic rings. The van der Waals surface area contributed by atoms with Crippen LogP contribution in [0.1, 0.15) is 38.3 Å². The molecule has 0 aromatic heterocycles. The first-order valence-electron chi connectivity index (χ1n) is 12.9. The molecular formula is C30H37N3O5S. The summed E-state index contributed by atoms with van der Waals surface area (Å²) in [5.41, 5.74) is 2.20. The molecule has 0 heterocycles. The first-order valence-corrected chi connectivity index (χ1v) is 14.8. The van der Waals surface area contributed by atoms with E-state index in [2.05, 4.69) is 5.32 Å². The number of nitrogens with zero attached hydrogens (tertiary/aromatic N) is 2. The van der Waals surface area contributed by atoms with Crippen LogP contribution in [0.5, 0.6) is 11.5 Å². The molecule has 9 heteroatoms. The van der Waals surface area contributed by atoms with Crippen LogP contribution in [-0.2, 0) is 26.2 Å². The van der Waals surface area contributed by atoms with Gasteiger partial charge in [0.1, 0.15) is 24.1 Å². The Bertz CT molecular complexity index is 1360. The summed E-state index contributed by atoms with van der Waals surface area (Å²) in [6.07, 6.45) is 1.43. The third-order valence-electron chi connectivity index (χ3n) is 6.04. The molecule has 8 nitrogen and oxygen atoms in total. The third-order valence-corrected chi connectivity index (χ3v) is 7.18. The highest BCUT2D eigenvalue weighted by molar-refractivity contribution is 7.92. The SMILES string of the molecule is CC[C@@H](C(=O)NC(C)C)N(Cc1cccc(C)c1)C(=O)CN(c1ccc(Oc2ccccc2)cc1)S(C)(=O)=O. The Morgan fingerprint density at radius 3 is 2.13 bits per heavy atom. The summed E-state index contributed by atoms with van der Waals surface area (Å²) in [6.45, 7) is 7.22. The lowest BCUT2D eigenvalue weighted by molar-refractivity contribution is -0.140. The highest BCUT2D eigenvalue weighted by Crippen LogP contribution is 2.26. The monoisotopic (exact) mass is 551 g/mol. The summed E-state index contributed by atoms with van der Waals surface area (Å²) in [5.74, 6) is 0.429. The molecule has 3 rings (SSSR count). The minimum absolute atomic E-state index is 0.105. The van der Waals surface area contributed by atoms with E-state index >= 15 is 0 Å². The fourth-order valence-electron chi connectivity index (χ4n) is 4.23. The second-order valence-electron chi connectivity index (χ2n) is 9.78. The van der Waals surface area contributed by atoms with E-state index in [1.807, 2.05) is 82.3 Å². The molecule has 39 heavy (non-hydrogen) atoms. The molecule has 2 amide bonds. The zero-order valence-corrected chi connectivity index (χ0v) is 23.9. The summed E-state index contributed by atoms with van der Waals surface area (Å²) < 4.78 is 32.5. The lowest BCUT2D eigenvalue weighted by Crippen LogP contribution is -2.53. The number of anilines is 1. The summed E-state index contributed by atoms with van der Waals surface area (Å²) in [7, 11) is -3.83. The van der Waals surface area contributed by atoms with E-state index in [0.29, 0.717) is 23.6 Å². The Balaban J connectivity index is 1.89. The van der Waals surface area contributed by atoms with E-state index in [1.54, 1.807) is 24.3 Å². The van der Waals surface area contributed by atoms with Gasteiger partial charge in [-0.05, 0) is 69.2 Å². The van der Waals surface area contributed by atoms with Gasteiger partial charge in [-0.25, -0.2) is 8.42 Å². The predicted octanol–water partition coefficient (Wildman–Crippen LogP) is 4.89. The summed E-state index contributed by atoms with van der Waals surface area (Å²) >= 11 is 0. The fourth-order valence-corrected chi connectivity index (χ4v) is 5.08. The van der Waals surface area contributed by atoms with Gasteiger partial charge in [-0.3, -0.25) is 13.9 Å². The minimum atomic E-state index is -3.83. The van der Waals surface area contributed by atoms with Gasteiger partial charge in [0.2, 0.25) is 21.8 Å². The topological polar surface area (TPSA) is 96.0 Å². The van der Waals surface area contributed by atoms with E-state index in [-0.39, 0.29) is 18.5 Å². The van der Waals surface area contributed by atoms with Crippen LogP contribution in [0, 0.1) is 6.92 Å². The number of benzene rings is 3. The highest BCUT2D eigenvalue weighted by Gasteiger charge is 2.32. The Kier molecular flexibility index (Phi) is 10.1. The average Bonchev–Trinajstić information content (AvgIpc) is 2.87. The Labute approximate surface area is 231 Å². The van der Waals surface area contributed by atoms with Crippen LogP contribution in [0.4, 0.5) is 5.69 Å². The molecule has 0 unspecified atom stereocenters. The van der Waals surface area contributed by atoms with Gasteiger partial charge < -0.3 is 15.0 Å². The van der Waals surface area contributed by atoms with Gasteiger partial charge in [-0.15, -0.1) is 0 Å². The molecule has 1 N–H and O–H groups in total. The van der Waals surface area contributed by atoms with Crippen LogP contribution >= 0.6 is 0 Å². The quantitative estimate of drug-likeness (QED) is 0.346. The number of para-hydroxylation sites is 1. The standard InChI is InChI=1S/C30H37N3O5S/c1-6-28(30(35)31-22(2)3)32(20-24-12-10-11-23(4)19-24)29(34)21-33(39(5,36)37)25-15-17-27(18-16-25)38-26-13-8-7-9-14-26/h7-19,22,28H,6,20-21H2,1-5H3,(H,31,35)/t28-/m0/s1. The molecule has 0 radical (unpaired) electrons. The van der Waals surface area contributed by atoms with Crippen molar-refractivity contribution in [2.75, 3.05) is 17.1 Å². The Morgan fingerprint density at radius 1 is 0.923 bits per heavy atom. The van der Waals surface area contributed by atoms with E-state index in [1.165, 1.54) is 4.90 Å². The largest absolute Gasteiger partial charge is 0.457 e. The van der Waals surface area contributed by atoms with Gasteiger partial charge in [-0.1, -0.05) is 55.0 Å². The molecule has 208 valence electrons. The van der Waals surface area contributed by atoms with E-state index in [0.717, 1.165) is 21.7 Å². The van der Waals surface area contributed by atoms with Crippen molar-refractivity contribution in [1.29, 1.82) is 0 Å². The van der Waals surface area contributed by atoms with Crippen molar-refractivity contribution >= 4 is 27.5 Å². The molecular weight excluding hydrogens is 514 g/mol. The number of carbonyl (C=O) groups excluding carboxylic acids is 2. The van der Waals surface area contributed by atoms with Crippen LogP contribution in [0.25, 0.3) is 0 Å². The maximum atomic E-state index is 13.8. The number of hydrogen-bond donors (Lipinski definition) is 1. The van der Waals surface area contributed by atoms with Crippen molar-refractivity contribution in [2.45, 2.75) is 52.7 Å². The van der Waals surface area contributed by atoms with E-state index < -0.39 is 28.5 Å². The second-order valence-corrected chi connectivity index (χ2v) is 11.7. The molecule has 0 saturated carbocycles. The number of amides is 2. The number of hydrogen-bond acceptors (Lipinski definition) is 5. The lowest BCUT2D eigenvalue weighted by atomic mass is 10.1. The number of ether oxygens (including phenoxy) is 1. The van der Waals surface area contributed by atoms with Crippen molar-refractivity contribution in [1.82, 2.24) is 10.2 Å². The zero-order chi connectivity index (χ0) is 28.6. The van der Waals surface area contributed by atoms with Gasteiger partial charge in [-0.2, -0.15) is 0 Å². The molecule has 0 aliphatic heterocycles. The molecule has 0 saturated heterocycles. The maximum Gasteiger partial charge on any atom is 0.244 e. The Morgan fingerprint density at radius 2 is 1.56 bits per heavy atom. The van der Waals surface area contributed by atoms with E-state index in [9.17, 15) is 18.0 Å². The minimum Gasteiger partial charge on any atom is -0.457 e. The average molecular weight is 552 g/mol. The fraction of sp³-hybridized carbons (Fsp3) is 0.333. The van der Waals surface area contributed by atoms with Crippen molar-refractivity contribution < 1.29 is 22.7 Å². The number of sulfonamides is 1. The Hall–Kier alpha value is -3.85. The first kappa shape index (κ1) is 29.7. The molecule has 0 fully saturated rings. The molecule has 3 aromatic carbocycles. The summed E-state index contributed by atoms with van der Waals surface area (Å²) in [5, 5.41) is 2.89. The number of nitrogens with one attached hydrogen (secondary N) is 1. The van der Waals surface area contributed by atoms with Crippen LogP contribution in [0.3, 0.4) is 0 Å². The van der Waals surface area contributed by atoms with Gasteiger partial charge in [0.25, 0.3) is 0 Å². The first-order chi connectivity index (χ1) is 18.5. The van der Waals surface area contributed by atoms with Crippen molar-refractivity contribution in [3.8, 4) is 11.5 Å². The van der Waals surface area contributed by atoms with E-state index in [4.69, 9.17) is 4.74 Å². The zero-order valence-electron chi connectivity index (χ0n) is 23.1. The molecule has 1 atom stereocenters.